The number of thiazole rings is 1. The second-order valence-electron chi connectivity index (χ2n) is 5.05. The molecule has 25 heavy (non-hydrogen) atoms. The van der Waals surface area contributed by atoms with Gasteiger partial charge in [0.25, 0.3) is 0 Å². The number of hydrogen-bond donors (Lipinski definition) is 0. The molecule has 1 aromatic heterocycles. The first-order valence-electron chi connectivity index (χ1n) is 7.20. The Labute approximate surface area is 158 Å². The Hall–Kier alpha value is -2.21. The monoisotopic (exact) mass is 391 g/mol. The van der Waals surface area contributed by atoms with Gasteiger partial charge in [-0.05, 0) is 36.4 Å². The topological polar surface area (TPSA) is 56.3 Å². The Morgan fingerprint density at radius 3 is 2.52 bits per heavy atom. The van der Waals surface area contributed by atoms with Gasteiger partial charge in [0.2, 0.25) is 0 Å². The van der Waals surface area contributed by atoms with Gasteiger partial charge in [-0.15, -0.1) is 11.3 Å². The Balaban J connectivity index is 1.64. The van der Waals surface area contributed by atoms with Crippen molar-refractivity contribution < 1.29 is 14.3 Å². The maximum absolute atomic E-state index is 12.1. The zero-order valence-corrected chi connectivity index (χ0v) is 15.1. The van der Waals surface area contributed by atoms with Crippen LogP contribution in [0.4, 0.5) is 0 Å². The van der Waals surface area contributed by atoms with Crippen molar-refractivity contribution in [2.45, 2.75) is 0 Å². The van der Waals surface area contributed by atoms with Gasteiger partial charge in [-0.1, -0.05) is 35.3 Å². The quantitative estimate of drug-likeness (QED) is 0.445. The van der Waals surface area contributed by atoms with Crippen molar-refractivity contribution in [3.63, 3.8) is 0 Å². The Kier molecular flexibility index (Phi) is 5.48. The Morgan fingerprint density at radius 1 is 1.04 bits per heavy atom. The first kappa shape index (κ1) is 17.6. The third-order valence-electron chi connectivity index (χ3n) is 3.29. The largest absolute Gasteiger partial charge is 0.453 e. The van der Waals surface area contributed by atoms with Crippen LogP contribution >= 0.6 is 34.5 Å². The van der Waals surface area contributed by atoms with Crippen molar-refractivity contribution in [3.8, 4) is 10.6 Å². The Morgan fingerprint density at radius 2 is 1.80 bits per heavy atom. The van der Waals surface area contributed by atoms with Gasteiger partial charge in [-0.25, -0.2) is 9.78 Å². The summed E-state index contributed by atoms with van der Waals surface area (Å²) in [7, 11) is 0. The number of halogens is 2. The summed E-state index contributed by atoms with van der Waals surface area (Å²) < 4.78 is 5.04. The van der Waals surface area contributed by atoms with Crippen LogP contribution in [-0.4, -0.2) is 23.3 Å². The number of aromatic nitrogens is 1. The summed E-state index contributed by atoms with van der Waals surface area (Å²) in [6.45, 7) is -0.357. The molecule has 3 aromatic rings. The molecule has 0 N–H and O–H groups in total. The van der Waals surface area contributed by atoms with E-state index in [1.807, 2.05) is 12.1 Å². The van der Waals surface area contributed by atoms with Crippen molar-refractivity contribution in [3.05, 3.63) is 75.2 Å². The predicted molar refractivity (Wildman–Crippen MR) is 98.6 cm³/mol. The summed E-state index contributed by atoms with van der Waals surface area (Å²) >= 11 is 13.0. The van der Waals surface area contributed by atoms with Gasteiger partial charge < -0.3 is 4.74 Å². The normalized spacial score (nSPS) is 10.5. The van der Waals surface area contributed by atoms with E-state index in [9.17, 15) is 9.59 Å². The molecule has 0 atom stereocenters. The number of esters is 1. The van der Waals surface area contributed by atoms with E-state index in [2.05, 4.69) is 4.98 Å². The standard InChI is InChI=1S/C18H11Cl2NO3S/c19-13-6-4-11(5-7-13)16(22)9-24-18(23)15-10-25-17(21-15)12-2-1-3-14(20)8-12/h1-8,10H,9H2. The molecule has 0 aliphatic rings. The highest BCUT2D eigenvalue weighted by Gasteiger charge is 2.16. The van der Waals surface area contributed by atoms with Crippen LogP contribution in [0.5, 0.6) is 0 Å². The molecule has 1 heterocycles. The van der Waals surface area contributed by atoms with Crippen LogP contribution in [0.15, 0.2) is 53.9 Å². The molecule has 126 valence electrons. The molecule has 0 radical (unpaired) electrons. The van der Waals surface area contributed by atoms with E-state index in [0.717, 1.165) is 5.56 Å². The van der Waals surface area contributed by atoms with Crippen LogP contribution in [-0.2, 0) is 4.74 Å². The molecular weight excluding hydrogens is 381 g/mol. The molecule has 0 amide bonds. The molecular formula is C18H11Cl2NO3S. The fraction of sp³-hybridized carbons (Fsp3) is 0.0556. The lowest BCUT2D eigenvalue weighted by Gasteiger charge is -2.03. The lowest BCUT2D eigenvalue weighted by atomic mass is 10.1. The second-order valence-corrected chi connectivity index (χ2v) is 6.79. The average molecular weight is 392 g/mol. The summed E-state index contributed by atoms with van der Waals surface area (Å²) in [6.07, 6.45) is 0. The van der Waals surface area contributed by atoms with Crippen LogP contribution in [0.25, 0.3) is 10.6 Å². The van der Waals surface area contributed by atoms with Gasteiger partial charge >= 0.3 is 5.97 Å². The smallest absolute Gasteiger partial charge is 0.358 e. The van der Waals surface area contributed by atoms with E-state index >= 15 is 0 Å². The van der Waals surface area contributed by atoms with Gasteiger partial charge in [-0.2, -0.15) is 0 Å². The SMILES string of the molecule is O=C(COC(=O)c1csc(-c2cccc(Cl)c2)n1)c1ccc(Cl)cc1. The van der Waals surface area contributed by atoms with Crippen molar-refractivity contribution in [2.24, 2.45) is 0 Å². The number of Topliss-reactive ketones (excluding diaryl/α,β-unsaturated/α-hetero) is 1. The summed E-state index contributed by atoms with van der Waals surface area (Å²) in [5, 5.41) is 3.36. The van der Waals surface area contributed by atoms with Crippen LogP contribution in [0, 0.1) is 0 Å². The third-order valence-corrected chi connectivity index (χ3v) is 4.66. The lowest BCUT2D eigenvalue weighted by molar-refractivity contribution is 0.0470. The highest BCUT2D eigenvalue weighted by molar-refractivity contribution is 7.13. The van der Waals surface area contributed by atoms with E-state index in [4.69, 9.17) is 27.9 Å². The van der Waals surface area contributed by atoms with Crippen LogP contribution in [0.1, 0.15) is 20.8 Å². The van der Waals surface area contributed by atoms with Gasteiger partial charge in [0, 0.05) is 26.6 Å². The summed E-state index contributed by atoms with van der Waals surface area (Å²) in [5.41, 5.74) is 1.40. The molecule has 0 fully saturated rings. The second kappa shape index (κ2) is 7.78. The number of carbonyl (C=O) groups is 2. The number of nitrogens with zero attached hydrogens (tertiary/aromatic N) is 1. The first-order chi connectivity index (χ1) is 12.0. The van der Waals surface area contributed by atoms with Crippen molar-refractivity contribution in [1.82, 2.24) is 4.98 Å². The summed E-state index contributed by atoms with van der Waals surface area (Å²) in [5.74, 6) is -0.956. The van der Waals surface area contributed by atoms with Gasteiger partial charge in [0.15, 0.2) is 18.1 Å². The van der Waals surface area contributed by atoms with E-state index in [-0.39, 0.29) is 18.1 Å². The number of benzene rings is 2. The molecule has 7 heteroatoms. The van der Waals surface area contributed by atoms with E-state index in [1.165, 1.54) is 11.3 Å². The molecule has 0 bridgehead atoms. The fourth-order valence-electron chi connectivity index (χ4n) is 2.05. The van der Waals surface area contributed by atoms with Gasteiger partial charge in [0.05, 0.1) is 0 Å². The average Bonchev–Trinajstić information content (AvgIpc) is 3.10. The molecule has 0 unspecified atom stereocenters. The number of hydrogen-bond acceptors (Lipinski definition) is 5. The van der Waals surface area contributed by atoms with E-state index in [0.29, 0.717) is 20.6 Å². The molecule has 3 rings (SSSR count). The summed E-state index contributed by atoms with van der Waals surface area (Å²) in [6, 6.07) is 13.6. The summed E-state index contributed by atoms with van der Waals surface area (Å²) in [4.78, 5) is 28.3. The van der Waals surface area contributed by atoms with Gasteiger partial charge in [-0.3, -0.25) is 4.79 Å². The first-order valence-corrected chi connectivity index (χ1v) is 8.84. The molecule has 0 aliphatic carbocycles. The van der Waals surface area contributed by atoms with Crippen LogP contribution in [0.3, 0.4) is 0 Å². The number of rotatable bonds is 5. The van der Waals surface area contributed by atoms with E-state index in [1.54, 1.807) is 41.8 Å². The van der Waals surface area contributed by atoms with Crippen molar-refractivity contribution in [2.75, 3.05) is 6.61 Å². The third kappa shape index (κ3) is 4.45. The minimum Gasteiger partial charge on any atom is -0.453 e. The van der Waals surface area contributed by atoms with Crippen LogP contribution < -0.4 is 0 Å². The zero-order chi connectivity index (χ0) is 17.8. The highest BCUT2D eigenvalue weighted by Crippen LogP contribution is 2.26. The molecule has 4 nitrogen and oxygen atoms in total. The number of carbonyl (C=O) groups excluding carboxylic acids is 2. The maximum Gasteiger partial charge on any atom is 0.358 e. The number of ether oxygens (including phenoxy) is 1. The van der Waals surface area contributed by atoms with Crippen molar-refractivity contribution >= 4 is 46.3 Å². The number of ketones is 1. The molecule has 0 saturated carbocycles. The van der Waals surface area contributed by atoms with Crippen LogP contribution in [0.2, 0.25) is 10.0 Å². The minimum atomic E-state index is -0.646. The fourth-order valence-corrected chi connectivity index (χ4v) is 3.15. The Bertz CT molecular complexity index is 922. The molecule has 0 saturated heterocycles. The maximum atomic E-state index is 12.1. The molecule has 0 spiro atoms. The molecule has 0 aliphatic heterocycles. The minimum absolute atomic E-state index is 0.156. The van der Waals surface area contributed by atoms with E-state index < -0.39 is 5.97 Å². The van der Waals surface area contributed by atoms with Gasteiger partial charge in [0.1, 0.15) is 5.01 Å². The predicted octanol–water partition coefficient (Wildman–Crippen LogP) is 5.16. The molecule has 2 aromatic carbocycles. The zero-order valence-electron chi connectivity index (χ0n) is 12.7. The lowest BCUT2D eigenvalue weighted by Crippen LogP contribution is -2.14. The highest BCUT2D eigenvalue weighted by atomic mass is 35.5. The van der Waals surface area contributed by atoms with Crippen molar-refractivity contribution in [1.29, 1.82) is 0 Å².